The van der Waals surface area contributed by atoms with Gasteiger partial charge in [-0.2, -0.15) is 0 Å². The summed E-state index contributed by atoms with van der Waals surface area (Å²) < 4.78 is 7.09. The van der Waals surface area contributed by atoms with Crippen LogP contribution in [0.3, 0.4) is 0 Å². The summed E-state index contributed by atoms with van der Waals surface area (Å²) in [6.07, 6.45) is 16.2. The molecule has 2 aromatic carbocycles. The van der Waals surface area contributed by atoms with E-state index < -0.39 is 0 Å². The lowest BCUT2D eigenvalue weighted by Crippen LogP contribution is -2.45. The van der Waals surface area contributed by atoms with Gasteiger partial charge in [-0.15, -0.1) is 0 Å². The molecule has 0 aromatic heterocycles. The van der Waals surface area contributed by atoms with Crippen LogP contribution in [0.1, 0.15) is 106 Å². The summed E-state index contributed by atoms with van der Waals surface area (Å²) >= 11 is 0. The molecule has 3 aliphatic rings. The van der Waals surface area contributed by atoms with Gasteiger partial charge < -0.3 is 9.84 Å². The zero-order chi connectivity index (χ0) is 25.9. The lowest BCUT2D eigenvalue weighted by molar-refractivity contribution is 0.0466. The van der Waals surface area contributed by atoms with Crippen LogP contribution in [0.2, 0.25) is 0 Å². The molecule has 0 bridgehead atoms. The molecule has 1 heterocycles. The molecular formula is C34H45NO2. The first-order valence-corrected chi connectivity index (χ1v) is 14.7. The van der Waals surface area contributed by atoms with E-state index in [1.165, 1.54) is 59.9 Å². The van der Waals surface area contributed by atoms with Crippen LogP contribution in [0.5, 0.6) is 11.5 Å². The molecule has 37 heavy (non-hydrogen) atoms. The van der Waals surface area contributed by atoms with Crippen LogP contribution in [0.25, 0.3) is 5.57 Å². The van der Waals surface area contributed by atoms with Gasteiger partial charge in [0.25, 0.3) is 0 Å². The monoisotopic (exact) mass is 499 g/mol. The molecule has 198 valence electrons. The molecule has 1 aliphatic heterocycles. The molecule has 3 heteroatoms. The second-order valence-corrected chi connectivity index (χ2v) is 11.5. The summed E-state index contributed by atoms with van der Waals surface area (Å²) in [4.78, 5) is 2.71. The highest BCUT2D eigenvalue weighted by atomic mass is 16.5. The van der Waals surface area contributed by atoms with Crippen molar-refractivity contribution in [1.82, 2.24) is 4.90 Å². The highest BCUT2D eigenvalue weighted by Crippen LogP contribution is 2.50. The van der Waals surface area contributed by atoms with Crippen molar-refractivity contribution >= 4 is 5.57 Å². The normalized spacial score (nSPS) is 24.5. The maximum Gasteiger partial charge on any atom is 0.140 e. The smallest absolute Gasteiger partial charge is 0.140 e. The number of fused-ring (bicyclic) bond motifs is 1. The molecule has 5 rings (SSSR count). The van der Waals surface area contributed by atoms with Gasteiger partial charge >= 0.3 is 0 Å². The maximum absolute atomic E-state index is 10.8. The van der Waals surface area contributed by atoms with Crippen LogP contribution in [-0.2, 0) is 6.42 Å². The summed E-state index contributed by atoms with van der Waals surface area (Å²) in [5.74, 6) is 2.71. The van der Waals surface area contributed by atoms with Gasteiger partial charge in [-0.25, -0.2) is 0 Å². The van der Waals surface area contributed by atoms with Crippen LogP contribution >= 0.6 is 0 Å². The number of likely N-dealkylation sites (tertiary alicyclic amines) is 1. The third-order valence-corrected chi connectivity index (χ3v) is 8.75. The lowest BCUT2D eigenvalue weighted by Gasteiger charge is -2.39. The predicted molar refractivity (Wildman–Crippen MR) is 154 cm³/mol. The Hall–Kier alpha value is -2.52. The summed E-state index contributed by atoms with van der Waals surface area (Å²) in [5.41, 5.74) is 7.63. The molecule has 1 saturated heterocycles. The molecule has 2 aliphatic carbocycles. The van der Waals surface area contributed by atoms with Gasteiger partial charge in [0, 0.05) is 17.7 Å². The van der Waals surface area contributed by atoms with Gasteiger partial charge in [0.2, 0.25) is 0 Å². The number of hydrogen-bond donors (Lipinski definition) is 1. The Morgan fingerprint density at radius 3 is 2.65 bits per heavy atom. The third kappa shape index (κ3) is 5.67. The minimum Gasteiger partial charge on any atom is -0.508 e. The predicted octanol–water partition coefficient (Wildman–Crippen LogP) is 8.50. The SMILES string of the molecule is CC=C(C=CCCC)c1cc(C)ccc1OC1c2cc(O)cc(C3CC3)c2CC1N1CCCC(CC)C1. The number of unbranched alkanes of at least 4 members (excludes halogenated alkanes) is 1. The Morgan fingerprint density at radius 1 is 1.11 bits per heavy atom. The minimum absolute atomic E-state index is 0.0746. The highest BCUT2D eigenvalue weighted by molar-refractivity contribution is 5.78. The number of phenols is 1. The summed E-state index contributed by atoms with van der Waals surface area (Å²) in [6, 6.07) is 10.9. The zero-order valence-corrected chi connectivity index (χ0v) is 23.3. The second-order valence-electron chi connectivity index (χ2n) is 11.5. The largest absolute Gasteiger partial charge is 0.508 e. The molecule has 1 N–H and O–H groups in total. The van der Waals surface area contributed by atoms with E-state index in [0.717, 1.165) is 49.6 Å². The fourth-order valence-corrected chi connectivity index (χ4v) is 6.49. The maximum atomic E-state index is 10.8. The van der Waals surface area contributed by atoms with Crippen molar-refractivity contribution in [2.24, 2.45) is 5.92 Å². The van der Waals surface area contributed by atoms with E-state index in [1.54, 1.807) is 0 Å². The quantitative estimate of drug-likeness (QED) is 0.351. The van der Waals surface area contributed by atoms with Gasteiger partial charge in [-0.1, -0.05) is 56.5 Å². The number of piperidine rings is 1. The van der Waals surface area contributed by atoms with Crippen LogP contribution in [-0.4, -0.2) is 29.1 Å². The number of aryl methyl sites for hydroxylation is 1. The van der Waals surface area contributed by atoms with E-state index in [2.05, 4.69) is 69.0 Å². The second kappa shape index (κ2) is 11.5. The molecule has 0 radical (unpaired) electrons. The Balaban J connectivity index is 1.54. The fourth-order valence-electron chi connectivity index (χ4n) is 6.49. The molecule has 1 saturated carbocycles. The average molecular weight is 500 g/mol. The molecule has 3 unspecified atom stereocenters. The number of hydrogen-bond acceptors (Lipinski definition) is 3. The number of allylic oxidation sites excluding steroid dienone is 4. The van der Waals surface area contributed by atoms with Crippen LogP contribution < -0.4 is 4.74 Å². The minimum atomic E-state index is -0.0746. The molecule has 0 amide bonds. The number of nitrogens with zero attached hydrogens (tertiary/aromatic N) is 1. The van der Waals surface area contributed by atoms with Gasteiger partial charge in [0.1, 0.15) is 17.6 Å². The van der Waals surface area contributed by atoms with Crippen molar-refractivity contribution in [3.8, 4) is 11.5 Å². The van der Waals surface area contributed by atoms with Crippen molar-refractivity contribution in [2.45, 2.75) is 97.1 Å². The van der Waals surface area contributed by atoms with E-state index in [0.29, 0.717) is 17.7 Å². The fraction of sp³-hybridized carbons (Fsp3) is 0.529. The van der Waals surface area contributed by atoms with Gasteiger partial charge in [0.15, 0.2) is 0 Å². The number of phenolic OH excluding ortho intramolecular Hbond substituents is 1. The molecular weight excluding hydrogens is 454 g/mol. The Labute approximate surface area is 224 Å². The molecule has 3 atom stereocenters. The van der Waals surface area contributed by atoms with Crippen molar-refractivity contribution in [2.75, 3.05) is 13.1 Å². The van der Waals surface area contributed by atoms with Crippen molar-refractivity contribution < 1.29 is 9.84 Å². The van der Waals surface area contributed by atoms with Crippen molar-refractivity contribution in [3.63, 3.8) is 0 Å². The topological polar surface area (TPSA) is 32.7 Å². The Morgan fingerprint density at radius 2 is 1.92 bits per heavy atom. The van der Waals surface area contributed by atoms with Crippen LogP contribution in [0.4, 0.5) is 0 Å². The van der Waals surface area contributed by atoms with Gasteiger partial charge in [0.05, 0.1) is 6.04 Å². The van der Waals surface area contributed by atoms with E-state index in [1.807, 2.05) is 12.1 Å². The van der Waals surface area contributed by atoms with Crippen molar-refractivity contribution in [1.29, 1.82) is 0 Å². The Bertz CT molecular complexity index is 1160. The first kappa shape index (κ1) is 26.1. The summed E-state index contributed by atoms with van der Waals surface area (Å²) in [5, 5.41) is 10.8. The van der Waals surface area contributed by atoms with Crippen molar-refractivity contribution in [3.05, 3.63) is 76.4 Å². The average Bonchev–Trinajstić information content (AvgIpc) is 3.70. The van der Waals surface area contributed by atoms with Crippen LogP contribution in [0.15, 0.2) is 48.6 Å². The summed E-state index contributed by atoms with van der Waals surface area (Å²) in [7, 11) is 0. The van der Waals surface area contributed by atoms with E-state index in [9.17, 15) is 5.11 Å². The van der Waals surface area contributed by atoms with E-state index in [-0.39, 0.29) is 6.10 Å². The number of ether oxygens (including phenoxy) is 1. The number of rotatable bonds is 9. The van der Waals surface area contributed by atoms with E-state index in [4.69, 9.17) is 4.74 Å². The first-order valence-electron chi connectivity index (χ1n) is 14.7. The van der Waals surface area contributed by atoms with E-state index >= 15 is 0 Å². The molecule has 2 aromatic rings. The number of benzene rings is 2. The van der Waals surface area contributed by atoms with Gasteiger partial charge in [-0.05, 0) is 112 Å². The highest BCUT2D eigenvalue weighted by Gasteiger charge is 2.43. The number of aromatic hydroxyl groups is 1. The third-order valence-electron chi connectivity index (χ3n) is 8.75. The molecule has 2 fully saturated rings. The zero-order valence-electron chi connectivity index (χ0n) is 23.3. The van der Waals surface area contributed by atoms with Gasteiger partial charge in [-0.3, -0.25) is 4.90 Å². The lowest BCUT2D eigenvalue weighted by atomic mass is 9.93. The standard InChI is InChI=1S/C34H45NO2/c1-5-8-9-12-25(7-3)29-18-23(4)13-16-33(29)37-34-31-20-27(36)19-28(26-14-15-26)30(31)21-32(34)35-17-10-11-24(6-2)22-35/h7,9,12-13,16,18-20,24,26,32,34,36H,5-6,8,10-11,14-15,17,21-22H2,1-4H3. The summed E-state index contributed by atoms with van der Waals surface area (Å²) in [6.45, 7) is 11.1. The molecule has 0 spiro atoms. The molecule has 3 nitrogen and oxygen atoms in total. The Kier molecular flexibility index (Phi) is 8.09. The first-order chi connectivity index (χ1) is 18.0. The van der Waals surface area contributed by atoms with Crippen LogP contribution in [0, 0.1) is 12.8 Å².